The predicted octanol–water partition coefficient (Wildman–Crippen LogP) is 4.27. The van der Waals surface area contributed by atoms with Gasteiger partial charge in [0.2, 0.25) is 15.9 Å². The summed E-state index contributed by atoms with van der Waals surface area (Å²) in [5, 5.41) is 3.12. The number of anilines is 1. The van der Waals surface area contributed by atoms with E-state index in [-0.39, 0.29) is 11.9 Å². The molecule has 1 aliphatic rings. The largest absolute Gasteiger partial charge is 0.487 e. The normalized spacial score (nSPS) is 18.5. The molecular weight excluding hydrogens is 412 g/mol. The average molecular weight is 445 g/mol. The van der Waals surface area contributed by atoms with E-state index in [1.54, 1.807) is 12.1 Å². The van der Waals surface area contributed by atoms with E-state index in [4.69, 9.17) is 4.74 Å². The number of hydrogen-bond acceptors (Lipinski definition) is 4. The molecule has 1 aliphatic heterocycles. The van der Waals surface area contributed by atoms with Crippen LogP contribution in [-0.4, -0.2) is 32.2 Å². The number of nitrogens with zero attached hydrogens (tertiary/aromatic N) is 1. The van der Waals surface area contributed by atoms with E-state index in [0.29, 0.717) is 18.5 Å². The Kier molecular flexibility index (Phi) is 6.37. The molecule has 0 unspecified atom stereocenters. The molecule has 0 aromatic heterocycles. The maximum absolute atomic E-state index is 13.4. The highest BCUT2D eigenvalue weighted by Crippen LogP contribution is 2.40. The third kappa shape index (κ3) is 5.21. The van der Waals surface area contributed by atoms with E-state index in [2.05, 4.69) is 5.32 Å². The summed E-state index contributed by atoms with van der Waals surface area (Å²) in [6, 6.07) is 12.0. The number of amides is 1. The summed E-state index contributed by atoms with van der Waals surface area (Å²) in [5.41, 5.74) is 3.05. The van der Waals surface area contributed by atoms with Crippen LogP contribution in [0.3, 0.4) is 0 Å². The molecule has 1 N–H and O–H groups in total. The van der Waals surface area contributed by atoms with Gasteiger partial charge >= 0.3 is 0 Å². The molecule has 1 heterocycles. The molecule has 0 spiro atoms. The molecule has 0 radical (unpaired) electrons. The lowest BCUT2D eigenvalue weighted by Crippen LogP contribution is -2.51. The predicted molar refractivity (Wildman–Crippen MR) is 124 cm³/mol. The van der Waals surface area contributed by atoms with Crippen molar-refractivity contribution in [1.82, 2.24) is 5.32 Å². The Morgan fingerprint density at radius 2 is 1.77 bits per heavy atom. The summed E-state index contributed by atoms with van der Waals surface area (Å²) in [7, 11) is -3.67. The lowest BCUT2D eigenvalue weighted by molar-refractivity contribution is -0.123. The van der Waals surface area contributed by atoms with Crippen LogP contribution in [0.4, 0.5) is 5.69 Å². The number of carbonyl (C=O) groups excluding carboxylic acids is 1. The number of nitrogens with one attached hydrogen (secondary N) is 1. The molecule has 2 aromatic carbocycles. The molecule has 7 heteroatoms. The minimum atomic E-state index is -3.67. The van der Waals surface area contributed by atoms with E-state index in [9.17, 15) is 13.2 Å². The van der Waals surface area contributed by atoms with E-state index in [1.807, 2.05) is 65.0 Å². The molecule has 0 saturated heterocycles. The van der Waals surface area contributed by atoms with Crippen LogP contribution in [0.25, 0.3) is 0 Å². The van der Waals surface area contributed by atoms with Gasteiger partial charge in [0.05, 0.1) is 18.0 Å². The summed E-state index contributed by atoms with van der Waals surface area (Å²) in [6.07, 6.45) is 2.08. The van der Waals surface area contributed by atoms with Crippen molar-refractivity contribution >= 4 is 21.6 Å². The van der Waals surface area contributed by atoms with Gasteiger partial charge in [-0.2, -0.15) is 0 Å². The van der Waals surface area contributed by atoms with Crippen molar-refractivity contribution in [2.45, 2.75) is 65.1 Å². The van der Waals surface area contributed by atoms with Gasteiger partial charge < -0.3 is 10.1 Å². The zero-order valence-electron chi connectivity index (χ0n) is 19.1. The van der Waals surface area contributed by atoms with Crippen molar-refractivity contribution < 1.29 is 17.9 Å². The van der Waals surface area contributed by atoms with Crippen molar-refractivity contribution in [2.75, 3.05) is 10.6 Å². The SMILES string of the molecule is CC[C@@H](C(=O)N[C@@H]1CC(C)(C)Oc2ccc(C)cc21)N(c1ccc(C)cc1)S(C)(=O)=O. The highest BCUT2D eigenvalue weighted by molar-refractivity contribution is 7.92. The van der Waals surface area contributed by atoms with Gasteiger partial charge in [-0.25, -0.2) is 8.42 Å². The lowest BCUT2D eigenvalue weighted by Gasteiger charge is -2.39. The Bertz CT molecular complexity index is 1060. The van der Waals surface area contributed by atoms with Gasteiger partial charge in [-0.1, -0.05) is 42.3 Å². The summed E-state index contributed by atoms with van der Waals surface area (Å²) in [4.78, 5) is 13.4. The smallest absolute Gasteiger partial charge is 0.244 e. The van der Waals surface area contributed by atoms with Crippen LogP contribution in [0.1, 0.15) is 56.3 Å². The van der Waals surface area contributed by atoms with Gasteiger partial charge in [-0.3, -0.25) is 9.10 Å². The Balaban J connectivity index is 1.95. The van der Waals surface area contributed by atoms with Crippen molar-refractivity contribution in [1.29, 1.82) is 0 Å². The summed E-state index contributed by atoms with van der Waals surface area (Å²) in [5.74, 6) is 0.433. The number of hydrogen-bond donors (Lipinski definition) is 1. The van der Waals surface area contributed by atoms with Crippen LogP contribution < -0.4 is 14.4 Å². The molecule has 0 saturated carbocycles. The topological polar surface area (TPSA) is 75.7 Å². The summed E-state index contributed by atoms with van der Waals surface area (Å²) >= 11 is 0. The maximum Gasteiger partial charge on any atom is 0.244 e. The van der Waals surface area contributed by atoms with Crippen molar-refractivity contribution in [2.24, 2.45) is 0 Å². The number of carbonyl (C=O) groups is 1. The van der Waals surface area contributed by atoms with Crippen LogP contribution in [0.2, 0.25) is 0 Å². The monoisotopic (exact) mass is 444 g/mol. The second kappa shape index (κ2) is 8.54. The van der Waals surface area contributed by atoms with Crippen LogP contribution >= 0.6 is 0 Å². The molecule has 3 rings (SSSR count). The number of ether oxygens (including phenoxy) is 1. The number of fused-ring (bicyclic) bond motifs is 1. The zero-order valence-corrected chi connectivity index (χ0v) is 19.9. The van der Waals surface area contributed by atoms with Gasteiger partial charge in [0.25, 0.3) is 0 Å². The molecule has 1 amide bonds. The fraction of sp³-hybridized carbons (Fsp3) is 0.458. The molecule has 0 aliphatic carbocycles. The number of aryl methyl sites for hydroxylation is 2. The Labute approximate surface area is 185 Å². The molecule has 0 fully saturated rings. The first kappa shape index (κ1) is 23.1. The third-order valence-corrected chi connectivity index (χ3v) is 6.74. The Morgan fingerprint density at radius 1 is 1.16 bits per heavy atom. The first-order chi connectivity index (χ1) is 14.4. The standard InChI is InChI=1S/C24H32N2O4S/c1-7-21(26(31(6,28)29)18-11-8-16(2)9-12-18)23(27)25-20-15-24(4,5)30-22-13-10-17(3)14-19(20)22/h8-14,20-21H,7,15H2,1-6H3,(H,25,27)/t20-,21+/m1/s1. The average Bonchev–Trinajstić information content (AvgIpc) is 2.66. The van der Waals surface area contributed by atoms with Crippen molar-refractivity contribution in [3.8, 4) is 5.75 Å². The van der Waals surface area contributed by atoms with E-state index in [0.717, 1.165) is 28.7 Å². The number of rotatable bonds is 6. The van der Waals surface area contributed by atoms with Gasteiger partial charge in [0.1, 0.15) is 17.4 Å². The van der Waals surface area contributed by atoms with Gasteiger partial charge in [0, 0.05) is 12.0 Å². The van der Waals surface area contributed by atoms with E-state index >= 15 is 0 Å². The molecule has 31 heavy (non-hydrogen) atoms. The fourth-order valence-electron chi connectivity index (χ4n) is 4.12. The van der Waals surface area contributed by atoms with E-state index < -0.39 is 21.7 Å². The molecular formula is C24H32N2O4S. The van der Waals surface area contributed by atoms with Crippen molar-refractivity contribution in [3.05, 3.63) is 59.2 Å². The molecule has 168 valence electrons. The van der Waals surface area contributed by atoms with Crippen LogP contribution in [0, 0.1) is 13.8 Å². The Hall–Kier alpha value is -2.54. The Morgan fingerprint density at radius 3 is 2.35 bits per heavy atom. The third-order valence-electron chi connectivity index (χ3n) is 5.56. The number of sulfonamides is 1. The first-order valence-corrected chi connectivity index (χ1v) is 12.4. The minimum Gasteiger partial charge on any atom is -0.487 e. The highest BCUT2D eigenvalue weighted by Gasteiger charge is 2.37. The lowest BCUT2D eigenvalue weighted by atomic mass is 9.88. The van der Waals surface area contributed by atoms with Crippen LogP contribution in [-0.2, 0) is 14.8 Å². The van der Waals surface area contributed by atoms with E-state index in [1.165, 1.54) is 4.31 Å². The molecule has 2 aromatic rings. The summed E-state index contributed by atoms with van der Waals surface area (Å²) in [6.45, 7) is 9.73. The second-order valence-corrected chi connectivity index (χ2v) is 10.8. The van der Waals surface area contributed by atoms with Gasteiger partial charge in [-0.05, 0) is 52.3 Å². The maximum atomic E-state index is 13.4. The second-order valence-electron chi connectivity index (χ2n) is 8.99. The number of benzene rings is 2. The summed E-state index contributed by atoms with van der Waals surface area (Å²) < 4.78 is 32.7. The quantitative estimate of drug-likeness (QED) is 0.722. The van der Waals surface area contributed by atoms with Crippen molar-refractivity contribution in [3.63, 3.8) is 0 Å². The molecule has 6 nitrogen and oxygen atoms in total. The first-order valence-electron chi connectivity index (χ1n) is 10.6. The molecule has 2 atom stereocenters. The van der Waals surface area contributed by atoms with Crippen LogP contribution in [0.15, 0.2) is 42.5 Å². The minimum absolute atomic E-state index is 0.264. The van der Waals surface area contributed by atoms with Gasteiger partial charge in [-0.15, -0.1) is 0 Å². The zero-order chi connectivity index (χ0) is 23.0. The van der Waals surface area contributed by atoms with Crippen LogP contribution in [0.5, 0.6) is 5.75 Å². The fourth-order valence-corrected chi connectivity index (χ4v) is 5.33. The van der Waals surface area contributed by atoms with Gasteiger partial charge in [0.15, 0.2) is 0 Å². The highest BCUT2D eigenvalue weighted by atomic mass is 32.2. The molecule has 0 bridgehead atoms.